The van der Waals surface area contributed by atoms with Crippen LogP contribution in [0.15, 0.2) is 9.70 Å². The number of hydrogen-bond donors (Lipinski definition) is 0. The molecule has 2 aliphatic rings. The summed E-state index contributed by atoms with van der Waals surface area (Å²) in [6.07, 6.45) is 10.1. The molecule has 1 aromatic rings. The zero-order valence-corrected chi connectivity index (χ0v) is 21.6. The lowest BCUT2D eigenvalue weighted by Crippen LogP contribution is -2.35. The smallest absolute Gasteiger partial charge is 0.270 e. The largest absolute Gasteiger partial charge is 0.357 e. The van der Waals surface area contributed by atoms with E-state index in [9.17, 15) is 14.9 Å². The van der Waals surface area contributed by atoms with Crippen LogP contribution in [0.3, 0.4) is 0 Å². The fourth-order valence-electron chi connectivity index (χ4n) is 4.43. The molecule has 33 heavy (non-hydrogen) atoms. The van der Waals surface area contributed by atoms with E-state index < -0.39 is 0 Å². The molecule has 2 aliphatic heterocycles. The number of pyridine rings is 1. The number of nitriles is 1. The van der Waals surface area contributed by atoms with E-state index in [1.807, 2.05) is 13.0 Å². The average molecular weight is 487 g/mol. The summed E-state index contributed by atoms with van der Waals surface area (Å²) >= 11 is 6.81. The first-order valence-electron chi connectivity index (χ1n) is 12.1. The molecule has 0 saturated carbocycles. The molecular weight excluding hydrogens is 452 g/mol. The van der Waals surface area contributed by atoms with Gasteiger partial charge in [0, 0.05) is 31.7 Å². The number of thioether (sulfide) groups is 1. The highest BCUT2D eigenvalue weighted by Crippen LogP contribution is 2.36. The molecule has 6 nitrogen and oxygen atoms in total. The van der Waals surface area contributed by atoms with Crippen molar-refractivity contribution < 1.29 is 4.79 Å². The Morgan fingerprint density at radius 1 is 1.06 bits per heavy atom. The van der Waals surface area contributed by atoms with Gasteiger partial charge in [0.05, 0.1) is 4.91 Å². The summed E-state index contributed by atoms with van der Waals surface area (Å²) < 4.78 is 2.36. The minimum absolute atomic E-state index is 0.0792. The predicted octanol–water partition coefficient (Wildman–Crippen LogP) is 5.21. The van der Waals surface area contributed by atoms with Crippen LogP contribution in [-0.4, -0.2) is 39.3 Å². The third-order valence-corrected chi connectivity index (χ3v) is 7.75. The van der Waals surface area contributed by atoms with Crippen molar-refractivity contribution >= 4 is 46.1 Å². The van der Waals surface area contributed by atoms with Crippen molar-refractivity contribution in [2.45, 2.75) is 78.7 Å². The summed E-state index contributed by atoms with van der Waals surface area (Å²) in [4.78, 5) is 31.0. The molecule has 0 radical (unpaired) electrons. The first-order valence-corrected chi connectivity index (χ1v) is 13.3. The highest BCUT2D eigenvalue weighted by atomic mass is 32.2. The summed E-state index contributed by atoms with van der Waals surface area (Å²) in [5.41, 5.74) is 1.39. The SMILES string of the molecule is CCCCN1C(=O)/C(=C\c2c(C)c(C#N)c(=O)n(CCCC)c2N2CCCCCC2)SC1=S. The quantitative estimate of drug-likeness (QED) is 0.371. The molecule has 3 rings (SSSR count). The van der Waals surface area contributed by atoms with Gasteiger partial charge >= 0.3 is 0 Å². The maximum Gasteiger partial charge on any atom is 0.270 e. The molecule has 178 valence electrons. The van der Waals surface area contributed by atoms with Crippen LogP contribution in [0.25, 0.3) is 6.08 Å². The average Bonchev–Trinajstić information content (AvgIpc) is 2.97. The zero-order chi connectivity index (χ0) is 24.0. The Kier molecular flexibility index (Phi) is 9.16. The molecule has 0 unspecified atom stereocenters. The van der Waals surface area contributed by atoms with Gasteiger partial charge in [0.2, 0.25) is 0 Å². The Bertz CT molecular complexity index is 1030. The molecule has 1 amide bonds. The lowest BCUT2D eigenvalue weighted by Gasteiger charge is -2.29. The number of hydrogen-bond acceptors (Lipinski definition) is 6. The van der Waals surface area contributed by atoms with Crippen LogP contribution in [0.1, 0.15) is 81.9 Å². The van der Waals surface area contributed by atoms with Gasteiger partial charge in [-0.25, -0.2) is 0 Å². The van der Waals surface area contributed by atoms with Crippen LogP contribution in [0.2, 0.25) is 0 Å². The maximum absolute atomic E-state index is 13.3. The van der Waals surface area contributed by atoms with Gasteiger partial charge in [0.25, 0.3) is 11.5 Å². The van der Waals surface area contributed by atoms with Crippen molar-refractivity contribution in [3.8, 4) is 6.07 Å². The summed E-state index contributed by atoms with van der Waals surface area (Å²) in [6, 6.07) is 2.14. The molecule has 0 aliphatic carbocycles. The van der Waals surface area contributed by atoms with Gasteiger partial charge in [-0.05, 0) is 44.2 Å². The standard InChI is InChI=1S/C25H34N4O2S2/c1-4-6-14-28-22(27-12-10-8-9-11-13-27)19(18(3)20(17-26)23(28)30)16-21-24(31)29(15-7-5-2)25(32)33-21/h16H,4-15H2,1-3H3/b21-16+. The minimum Gasteiger partial charge on any atom is -0.357 e. The molecule has 0 spiro atoms. The van der Waals surface area contributed by atoms with Gasteiger partial charge < -0.3 is 4.90 Å². The zero-order valence-electron chi connectivity index (χ0n) is 20.0. The van der Waals surface area contributed by atoms with Crippen molar-refractivity contribution in [3.05, 3.63) is 31.9 Å². The van der Waals surface area contributed by atoms with E-state index in [1.54, 1.807) is 9.47 Å². The van der Waals surface area contributed by atoms with E-state index in [1.165, 1.54) is 24.6 Å². The maximum atomic E-state index is 13.3. The molecule has 2 saturated heterocycles. The Balaban J connectivity index is 2.19. The molecule has 8 heteroatoms. The van der Waals surface area contributed by atoms with E-state index >= 15 is 0 Å². The van der Waals surface area contributed by atoms with Crippen molar-refractivity contribution in [1.29, 1.82) is 5.26 Å². The number of amides is 1. The Morgan fingerprint density at radius 2 is 1.70 bits per heavy atom. The van der Waals surface area contributed by atoms with Crippen molar-refractivity contribution in [2.75, 3.05) is 24.5 Å². The van der Waals surface area contributed by atoms with E-state index in [-0.39, 0.29) is 17.0 Å². The van der Waals surface area contributed by atoms with Gasteiger partial charge in [-0.3, -0.25) is 19.1 Å². The molecule has 3 heterocycles. The second-order valence-electron chi connectivity index (χ2n) is 8.75. The van der Waals surface area contributed by atoms with Crippen LogP contribution >= 0.6 is 24.0 Å². The molecule has 0 N–H and O–H groups in total. The van der Waals surface area contributed by atoms with E-state index in [4.69, 9.17) is 12.2 Å². The van der Waals surface area contributed by atoms with Crippen molar-refractivity contribution in [1.82, 2.24) is 9.47 Å². The van der Waals surface area contributed by atoms with Crippen LogP contribution in [0.4, 0.5) is 5.82 Å². The lowest BCUT2D eigenvalue weighted by atomic mass is 10.0. The fraction of sp³-hybridized carbons (Fsp3) is 0.600. The highest BCUT2D eigenvalue weighted by molar-refractivity contribution is 8.26. The van der Waals surface area contributed by atoms with E-state index in [0.717, 1.165) is 63.0 Å². The van der Waals surface area contributed by atoms with Gasteiger partial charge in [-0.1, -0.05) is 63.5 Å². The van der Waals surface area contributed by atoms with Crippen molar-refractivity contribution in [2.24, 2.45) is 0 Å². The number of nitrogens with zero attached hydrogens (tertiary/aromatic N) is 4. The van der Waals surface area contributed by atoms with Crippen LogP contribution in [0, 0.1) is 18.3 Å². The summed E-state index contributed by atoms with van der Waals surface area (Å²) in [5, 5.41) is 9.82. The molecule has 2 fully saturated rings. The first kappa shape index (κ1) is 25.5. The van der Waals surface area contributed by atoms with E-state index in [0.29, 0.717) is 27.9 Å². The predicted molar refractivity (Wildman–Crippen MR) is 141 cm³/mol. The van der Waals surface area contributed by atoms with Gasteiger partial charge in [0.15, 0.2) is 0 Å². The third-order valence-electron chi connectivity index (χ3n) is 6.37. The minimum atomic E-state index is -0.227. The normalized spacial score (nSPS) is 18.2. The fourth-order valence-corrected chi connectivity index (χ4v) is 5.72. The number of unbranched alkanes of at least 4 members (excludes halogenated alkanes) is 2. The number of anilines is 1. The third kappa shape index (κ3) is 5.52. The topological polar surface area (TPSA) is 69.3 Å². The number of aromatic nitrogens is 1. The van der Waals surface area contributed by atoms with Crippen molar-refractivity contribution in [3.63, 3.8) is 0 Å². The summed E-state index contributed by atoms with van der Waals surface area (Å²) in [7, 11) is 0. The van der Waals surface area contributed by atoms with Crippen LogP contribution < -0.4 is 10.5 Å². The van der Waals surface area contributed by atoms with Gasteiger partial charge in [-0.2, -0.15) is 5.26 Å². The van der Waals surface area contributed by atoms with E-state index in [2.05, 4.69) is 24.8 Å². The van der Waals surface area contributed by atoms with Gasteiger partial charge in [-0.15, -0.1) is 0 Å². The first-order chi connectivity index (χ1) is 15.9. The molecule has 0 bridgehead atoms. The second kappa shape index (κ2) is 11.8. The summed E-state index contributed by atoms with van der Waals surface area (Å²) in [5.74, 6) is 0.773. The summed E-state index contributed by atoms with van der Waals surface area (Å²) in [6.45, 7) is 8.94. The second-order valence-corrected chi connectivity index (χ2v) is 10.4. The Morgan fingerprint density at radius 3 is 2.30 bits per heavy atom. The lowest BCUT2D eigenvalue weighted by molar-refractivity contribution is -0.122. The Hall–Kier alpha value is -2.11. The number of carbonyl (C=O) groups excluding carboxylic acids is 1. The molecule has 0 aromatic carbocycles. The molecular formula is C25H34N4O2S2. The highest BCUT2D eigenvalue weighted by Gasteiger charge is 2.33. The number of rotatable bonds is 8. The van der Waals surface area contributed by atoms with Gasteiger partial charge in [0.1, 0.15) is 21.8 Å². The van der Waals surface area contributed by atoms with Crippen LogP contribution in [0.5, 0.6) is 0 Å². The number of carbonyl (C=O) groups is 1. The monoisotopic (exact) mass is 486 g/mol. The Labute approximate surface area is 206 Å². The van der Waals surface area contributed by atoms with Crippen LogP contribution in [-0.2, 0) is 11.3 Å². The molecule has 1 aromatic heterocycles. The molecule has 0 atom stereocenters. The number of thiocarbonyl (C=S) groups is 1.